The molecule has 0 unspecified atom stereocenters. The third kappa shape index (κ3) is 3.65. The molecule has 0 atom stereocenters. The second kappa shape index (κ2) is 8.05. The fourth-order valence-electron chi connectivity index (χ4n) is 2.36. The summed E-state index contributed by atoms with van der Waals surface area (Å²) in [5, 5.41) is 12.9. The molecule has 0 saturated carbocycles. The molecule has 0 aliphatic heterocycles. The molecule has 7 nitrogen and oxygen atoms in total. The number of phenolic OH excluding ortho intramolecular Hbond substituents is 1. The van der Waals surface area contributed by atoms with Gasteiger partial charge in [0.25, 0.3) is 0 Å². The summed E-state index contributed by atoms with van der Waals surface area (Å²) in [4.78, 5) is 11.1. The molecule has 0 aliphatic rings. The second-order valence-corrected chi connectivity index (χ2v) is 4.94. The van der Waals surface area contributed by atoms with Gasteiger partial charge in [-0.25, -0.2) is 0 Å². The number of phenols is 1. The lowest BCUT2D eigenvalue weighted by Crippen LogP contribution is -1.95. The maximum Gasteiger partial charge on any atom is 0.203 e. The van der Waals surface area contributed by atoms with Crippen LogP contribution in [0, 0.1) is 4.91 Å². The van der Waals surface area contributed by atoms with Crippen LogP contribution in [-0.2, 0) is 0 Å². The highest BCUT2D eigenvalue weighted by Crippen LogP contribution is 2.41. The quantitative estimate of drug-likeness (QED) is 0.603. The average Bonchev–Trinajstić information content (AvgIpc) is 2.65. The van der Waals surface area contributed by atoms with Crippen LogP contribution in [-0.4, -0.2) is 33.5 Å². The molecular formula is C18H19NO6. The molecular weight excluding hydrogens is 326 g/mol. The van der Waals surface area contributed by atoms with E-state index in [1.165, 1.54) is 28.4 Å². The van der Waals surface area contributed by atoms with E-state index in [1.54, 1.807) is 36.4 Å². The molecule has 0 heterocycles. The molecule has 0 amide bonds. The van der Waals surface area contributed by atoms with Crippen molar-refractivity contribution >= 4 is 17.8 Å². The predicted octanol–water partition coefficient (Wildman–Crippen LogP) is 3.99. The Morgan fingerprint density at radius 3 is 1.96 bits per heavy atom. The smallest absolute Gasteiger partial charge is 0.203 e. The van der Waals surface area contributed by atoms with Crippen LogP contribution in [0.15, 0.2) is 29.4 Å². The van der Waals surface area contributed by atoms with E-state index in [1.807, 2.05) is 0 Å². The minimum absolute atomic E-state index is 0.0944. The Hall–Kier alpha value is -3.22. The van der Waals surface area contributed by atoms with Gasteiger partial charge >= 0.3 is 0 Å². The molecule has 0 radical (unpaired) electrons. The van der Waals surface area contributed by atoms with Crippen LogP contribution in [0.2, 0.25) is 0 Å². The van der Waals surface area contributed by atoms with E-state index in [2.05, 4.69) is 5.18 Å². The van der Waals surface area contributed by atoms with Crippen LogP contribution in [0.3, 0.4) is 0 Å². The molecule has 0 aromatic heterocycles. The van der Waals surface area contributed by atoms with Gasteiger partial charge in [-0.3, -0.25) is 0 Å². The van der Waals surface area contributed by atoms with Crippen molar-refractivity contribution in [2.75, 3.05) is 28.4 Å². The third-order valence-corrected chi connectivity index (χ3v) is 3.60. The zero-order valence-corrected chi connectivity index (χ0v) is 14.4. The van der Waals surface area contributed by atoms with Crippen LogP contribution >= 0.6 is 0 Å². The van der Waals surface area contributed by atoms with E-state index in [9.17, 15) is 10.0 Å². The van der Waals surface area contributed by atoms with Crippen LogP contribution < -0.4 is 18.9 Å². The maximum absolute atomic E-state index is 11.1. The van der Waals surface area contributed by atoms with Crippen LogP contribution in [0.5, 0.6) is 28.7 Å². The number of methoxy groups -OCH3 is 4. The molecule has 0 bridgehead atoms. The first-order chi connectivity index (χ1) is 12.1. The molecule has 132 valence electrons. The minimum atomic E-state index is -0.301. The second-order valence-electron chi connectivity index (χ2n) is 4.94. The van der Waals surface area contributed by atoms with Gasteiger partial charge in [-0.05, 0) is 35.0 Å². The monoisotopic (exact) mass is 345 g/mol. The Labute approximate surface area is 145 Å². The fraction of sp³-hybridized carbons (Fsp3) is 0.222. The van der Waals surface area contributed by atoms with Crippen LogP contribution in [0.25, 0.3) is 12.2 Å². The molecule has 0 fully saturated rings. The third-order valence-electron chi connectivity index (χ3n) is 3.60. The molecule has 1 N–H and O–H groups in total. The molecule has 2 aromatic rings. The van der Waals surface area contributed by atoms with Crippen molar-refractivity contribution < 1.29 is 24.1 Å². The van der Waals surface area contributed by atoms with Gasteiger partial charge in [-0.1, -0.05) is 12.2 Å². The summed E-state index contributed by atoms with van der Waals surface area (Å²) in [6.45, 7) is 0. The normalized spacial score (nSPS) is 10.6. The Kier molecular flexibility index (Phi) is 5.84. The highest BCUT2D eigenvalue weighted by atomic mass is 16.5. The van der Waals surface area contributed by atoms with E-state index >= 15 is 0 Å². The summed E-state index contributed by atoms with van der Waals surface area (Å²) in [5.41, 5.74) is 1.10. The number of hydrogen-bond acceptors (Lipinski definition) is 7. The van der Waals surface area contributed by atoms with Crippen molar-refractivity contribution in [3.63, 3.8) is 0 Å². The number of benzene rings is 2. The van der Waals surface area contributed by atoms with Crippen molar-refractivity contribution in [3.05, 3.63) is 40.3 Å². The van der Waals surface area contributed by atoms with Gasteiger partial charge in [0.2, 0.25) is 5.75 Å². The summed E-state index contributed by atoms with van der Waals surface area (Å²) in [7, 11) is 5.98. The maximum atomic E-state index is 11.1. The minimum Gasteiger partial charge on any atom is -0.503 e. The van der Waals surface area contributed by atoms with E-state index in [4.69, 9.17) is 18.9 Å². The van der Waals surface area contributed by atoms with Gasteiger partial charge in [0.1, 0.15) is 0 Å². The number of rotatable bonds is 7. The summed E-state index contributed by atoms with van der Waals surface area (Å²) >= 11 is 0. The SMILES string of the molecule is COc1ccc(C=Cc2cc(OC)c(OC)c(OC)c2)c(N=O)c1O. The molecule has 2 aromatic carbocycles. The van der Waals surface area contributed by atoms with E-state index in [-0.39, 0.29) is 17.2 Å². The van der Waals surface area contributed by atoms with Gasteiger partial charge in [-0.15, -0.1) is 4.91 Å². The largest absolute Gasteiger partial charge is 0.503 e. The number of nitroso groups, excluding NO2 is 1. The van der Waals surface area contributed by atoms with Gasteiger partial charge in [0.05, 0.1) is 28.4 Å². The highest BCUT2D eigenvalue weighted by Gasteiger charge is 2.14. The first-order valence-electron chi connectivity index (χ1n) is 7.31. The van der Waals surface area contributed by atoms with Crippen LogP contribution in [0.4, 0.5) is 5.69 Å². The van der Waals surface area contributed by atoms with E-state index in [0.29, 0.717) is 22.8 Å². The Morgan fingerprint density at radius 1 is 0.880 bits per heavy atom. The van der Waals surface area contributed by atoms with Gasteiger partial charge < -0.3 is 24.1 Å². The Bertz CT molecular complexity index is 775. The van der Waals surface area contributed by atoms with E-state index in [0.717, 1.165) is 5.56 Å². The number of nitrogens with zero attached hydrogens (tertiary/aromatic N) is 1. The molecule has 25 heavy (non-hydrogen) atoms. The Balaban J connectivity index is 2.46. The summed E-state index contributed by atoms with van der Waals surface area (Å²) in [6, 6.07) is 6.70. The van der Waals surface area contributed by atoms with Crippen molar-refractivity contribution in [3.8, 4) is 28.7 Å². The standard InChI is InChI=1S/C18H19NO6/c1-22-13-8-7-12(16(19-21)17(13)20)6-5-11-9-14(23-2)18(25-4)15(10-11)24-3/h5-10,20H,1-4H3. The number of hydrogen-bond donors (Lipinski definition) is 1. The molecule has 2 rings (SSSR count). The van der Waals surface area contributed by atoms with Crippen LogP contribution in [0.1, 0.15) is 11.1 Å². The van der Waals surface area contributed by atoms with Gasteiger partial charge in [0.15, 0.2) is 28.7 Å². The first kappa shape index (κ1) is 18.1. The summed E-state index contributed by atoms with van der Waals surface area (Å²) in [5.74, 6) is 1.38. The zero-order chi connectivity index (χ0) is 18.4. The lowest BCUT2D eigenvalue weighted by molar-refractivity contribution is 0.324. The van der Waals surface area contributed by atoms with Gasteiger partial charge in [-0.2, -0.15) is 0 Å². The Morgan fingerprint density at radius 2 is 1.48 bits per heavy atom. The first-order valence-corrected chi connectivity index (χ1v) is 7.31. The lowest BCUT2D eigenvalue weighted by Gasteiger charge is -2.13. The molecule has 0 aliphatic carbocycles. The summed E-state index contributed by atoms with van der Waals surface area (Å²) < 4.78 is 20.9. The van der Waals surface area contributed by atoms with Crippen molar-refractivity contribution in [1.29, 1.82) is 0 Å². The van der Waals surface area contributed by atoms with Gasteiger partial charge in [0, 0.05) is 5.56 Å². The molecule has 0 spiro atoms. The van der Waals surface area contributed by atoms with Crippen molar-refractivity contribution in [2.45, 2.75) is 0 Å². The number of aromatic hydroxyl groups is 1. The molecule has 7 heteroatoms. The average molecular weight is 345 g/mol. The highest BCUT2D eigenvalue weighted by molar-refractivity contribution is 5.80. The van der Waals surface area contributed by atoms with E-state index < -0.39 is 0 Å². The van der Waals surface area contributed by atoms with Crippen molar-refractivity contribution in [2.24, 2.45) is 5.18 Å². The number of ether oxygens (including phenoxy) is 4. The topological polar surface area (TPSA) is 86.6 Å². The zero-order valence-electron chi connectivity index (χ0n) is 14.4. The summed E-state index contributed by atoms with van der Waals surface area (Å²) in [6.07, 6.45) is 3.39. The molecule has 0 saturated heterocycles. The predicted molar refractivity (Wildman–Crippen MR) is 95.1 cm³/mol. The lowest BCUT2D eigenvalue weighted by atomic mass is 10.1. The van der Waals surface area contributed by atoms with Crippen molar-refractivity contribution in [1.82, 2.24) is 0 Å². The fourth-order valence-corrected chi connectivity index (χ4v) is 2.36.